The second-order valence-corrected chi connectivity index (χ2v) is 4.62. The Morgan fingerprint density at radius 3 is 2.67 bits per heavy atom. The van der Waals surface area contributed by atoms with Gasteiger partial charge in [0.2, 0.25) is 5.91 Å². The third-order valence-corrected chi connectivity index (χ3v) is 3.11. The quantitative estimate of drug-likeness (QED) is 0.722. The normalized spacial score (nSPS) is 10.4. The van der Waals surface area contributed by atoms with Gasteiger partial charge in [0.15, 0.2) is 0 Å². The fourth-order valence-corrected chi connectivity index (χ4v) is 1.99. The van der Waals surface area contributed by atoms with E-state index in [-0.39, 0.29) is 5.91 Å². The van der Waals surface area contributed by atoms with Gasteiger partial charge in [-0.1, -0.05) is 29.8 Å². The first kappa shape index (κ1) is 15.3. The topological polar surface area (TPSA) is 29.5 Å². The van der Waals surface area contributed by atoms with E-state index >= 15 is 0 Å². The Morgan fingerprint density at radius 2 is 2.06 bits per heavy atom. The molecule has 0 aliphatic rings. The van der Waals surface area contributed by atoms with E-state index < -0.39 is 0 Å². The van der Waals surface area contributed by atoms with Crippen molar-refractivity contribution < 1.29 is 9.53 Å². The molecule has 0 aromatic heterocycles. The molecule has 1 amide bonds. The van der Waals surface area contributed by atoms with Gasteiger partial charge < -0.3 is 9.64 Å². The molecule has 0 unspecified atom stereocenters. The summed E-state index contributed by atoms with van der Waals surface area (Å²) in [4.78, 5) is 13.8. The summed E-state index contributed by atoms with van der Waals surface area (Å²) in [6, 6.07) is 7.36. The maximum atomic E-state index is 12.1. The average Bonchev–Trinajstić information content (AvgIpc) is 2.37. The van der Waals surface area contributed by atoms with Gasteiger partial charge in [0, 0.05) is 31.1 Å². The minimum Gasteiger partial charge on any atom is -0.383 e. The SMILES string of the molecule is COCCN(CCCl)C(=O)Cc1ccccc1Cl. The van der Waals surface area contributed by atoms with Crippen LogP contribution >= 0.6 is 23.2 Å². The van der Waals surface area contributed by atoms with Crippen LogP contribution in [0.4, 0.5) is 0 Å². The van der Waals surface area contributed by atoms with Crippen LogP contribution in [0.5, 0.6) is 0 Å². The molecule has 1 aromatic carbocycles. The molecule has 18 heavy (non-hydrogen) atoms. The highest BCUT2D eigenvalue weighted by atomic mass is 35.5. The molecule has 0 spiro atoms. The minimum atomic E-state index is 0.0146. The molecule has 100 valence electrons. The number of methoxy groups -OCH3 is 1. The molecular weight excluding hydrogens is 273 g/mol. The summed E-state index contributed by atoms with van der Waals surface area (Å²) in [5.41, 5.74) is 0.834. The third kappa shape index (κ3) is 4.84. The summed E-state index contributed by atoms with van der Waals surface area (Å²) in [5.74, 6) is 0.429. The van der Waals surface area contributed by atoms with Gasteiger partial charge in [-0.2, -0.15) is 0 Å². The number of benzene rings is 1. The second kappa shape index (κ2) is 8.35. The first-order valence-corrected chi connectivity index (χ1v) is 6.66. The van der Waals surface area contributed by atoms with Crippen molar-refractivity contribution in [2.75, 3.05) is 32.7 Å². The number of alkyl halides is 1. The highest BCUT2D eigenvalue weighted by molar-refractivity contribution is 6.31. The Labute approximate surface area is 118 Å². The molecule has 0 bridgehead atoms. The predicted molar refractivity (Wildman–Crippen MR) is 74.3 cm³/mol. The van der Waals surface area contributed by atoms with Crippen molar-refractivity contribution >= 4 is 29.1 Å². The summed E-state index contributed by atoms with van der Waals surface area (Å²) < 4.78 is 4.98. The van der Waals surface area contributed by atoms with Gasteiger partial charge in [-0.25, -0.2) is 0 Å². The van der Waals surface area contributed by atoms with Crippen LogP contribution in [0, 0.1) is 0 Å². The number of hydrogen-bond donors (Lipinski definition) is 0. The standard InChI is InChI=1S/C13H17Cl2NO2/c1-18-9-8-16(7-6-14)13(17)10-11-4-2-3-5-12(11)15/h2-5H,6-10H2,1H3. The zero-order valence-electron chi connectivity index (χ0n) is 10.4. The van der Waals surface area contributed by atoms with E-state index in [0.29, 0.717) is 37.0 Å². The van der Waals surface area contributed by atoms with Crippen molar-refractivity contribution in [1.29, 1.82) is 0 Å². The van der Waals surface area contributed by atoms with Crippen molar-refractivity contribution in [2.45, 2.75) is 6.42 Å². The first-order chi connectivity index (χ1) is 8.69. The fourth-order valence-electron chi connectivity index (χ4n) is 1.58. The van der Waals surface area contributed by atoms with Gasteiger partial charge >= 0.3 is 0 Å². The van der Waals surface area contributed by atoms with Crippen molar-refractivity contribution in [3.05, 3.63) is 34.9 Å². The highest BCUT2D eigenvalue weighted by Crippen LogP contribution is 2.16. The minimum absolute atomic E-state index is 0.0146. The van der Waals surface area contributed by atoms with Crippen molar-refractivity contribution in [3.63, 3.8) is 0 Å². The van der Waals surface area contributed by atoms with Crippen LogP contribution in [0.15, 0.2) is 24.3 Å². The lowest BCUT2D eigenvalue weighted by Gasteiger charge is -2.21. The van der Waals surface area contributed by atoms with Gasteiger partial charge in [0.25, 0.3) is 0 Å². The maximum Gasteiger partial charge on any atom is 0.227 e. The molecule has 0 atom stereocenters. The van der Waals surface area contributed by atoms with E-state index in [9.17, 15) is 4.79 Å². The van der Waals surface area contributed by atoms with E-state index in [4.69, 9.17) is 27.9 Å². The zero-order valence-corrected chi connectivity index (χ0v) is 11.9. The number of carbonyl (C=O) groups is 1. The number of halogens is 2. The van der Waals surface area contributed by atoms with Crippen molar-refractivity contribution in [3.8, 4) is 0 Å². The maximum absolute atomic E-state index is 12.1. The molecule has 0 saturated carbocycles. The molecule has 0 radical (unpaired) electrons. The number of rotatable bonds is 7. The average molecular weight is 290 g/mol. The number of ether oxygens (including phenoxy) is 1. The predicted octanol–water partition coefficient (Wildman–Crippen LogP) is 2.60. The molecule has 0 N–H and O–H groups in total. The highest BCUT2D eigenvalue weighted by Gasteiger charge is 2.14. The lowest BCUT2D eigenvalue weighted by molar-refractivity contribution is -0.130. The van der Waals surface area contributed by atoms with Crippen LogP contribution in [0.2, 0.25) is 5.02 Å². The smallest absolute Gasteiger partial charge is 0.227 e. The molecule has 5 heteroatoms. The Bertz CT molecular complexity index is 385. The molecule has 0 heterocycles. The number of carbonyl (C=O) groups excluding carboxylic acids is 1. The monoisotopic (exact) mass is 289 g/mol. The van der Waals surface area contributed by atoms with Gasteiger partial charge in [-0.05, 0) is 11.6 Å². The van der Waals surface area contributed by atoms with Crippen LogP contribution in [0.3, 0.4) is 0 Å². The van der Waals surface area contributed by atoms with E-state index in [1.165, 1.54) is 0 Å². The van der Waals surface area contributed by atoms with Crippen LogP contribution in [-0.4, -0.2) is 43.5 Å². The first-order valence-electron chi connectivity index (χ1n) is 5.75. The van der Waals surface area contributed by atoms with Gasteiger partial charge in [0.05, 0.1) is 13.0 Å². The van der Waals surface area contributed by atoms with E-state index in [1.54, 1.807) is 18.1 Å². The lowest BCUT2D eigenvalue weighted by Crippen LogP contribution is -2.36. The molecule has 0 saturated heterocycles. The Morgan fingerprint density at radius 1 is 1.33 bits per heavy atom. The number of amides is 1. The molecular formula is C13H17Cl2NO2. The summed E-state index contributed by atoms with van der Waals surface area (Å²) in [7, 11) is 1.61. The molecule has 0 aliphatic carbocycles. The van der Waals surface area contributed by atoms with E-state index in [0.717, 1.165) is 5.56 Å². The molecule has 1 aromatic rings. The van der Waals surface area contributed by atoms with Gasteiger partial charge in [0.1, 0.15) is 0 Å². The van der Waals surface area contributed by atoms with Crippen LogP contribution in [0.1, 0.15) is 5.56 Å². The zero-order chi connectivity index (χ0) is 13.4. The molecule has 1 rings (SSSR count). The lowest BCUT2D eigenvalue weighted by atomic mass is 10.1. The Hall–Kier alpha value is -0.770. The number of hydrogen-bond acceptors (Lipinski definition) is 2. The van der Waals surface area contributed by atoms with Crippen LogP contribution in [0.25, 0.3) is 0 Å². The summed E-state index contributed by atoms with van der Waals surface area (Å²) in [6.45, 7) is 1.58. The van der Waals surface area contributed by atoms with Gasteiger partial charge in [-0.3, -0.25) is 4.79 Å². The third-order valence-electron chi connectivity index (χ3n) is 2.57. The summed E-state index contributed by atoms with van der Waals surface area (Å²) in [5, 5.41) is 0.614. The van der Waals surface area contributed by atoms with E-state index in [1.807, 2.05) is 18.2 Å². The van der Waals surface area contributed by atoms with Crippen molar-refractivity contribution in [2.24, 2.45) is 0 Å². The van der Waals surface area contributed by atoms with Crippen LogP contribution in [-0.2, 0) is 16.0 Å². The fraction of sp³-hybridized carbons (Fsp3) is 0.462. The molecule has 0 fully saturated rings. The summed E-state index contributed by atoms with van der Waals surface area (Å²) in [6.07, 6.45) is 0.292. The second-order valence-electron chi connectivity index (χ2n) is 3.83. The summed E-state index contributed by atoms with van der Waals surface area (Å²) >= 11 is 11.7. The van der Waals surface area contributed by atoms with Crippen molar-refractivity contribution in [1.82, 2.24) is 4.90 Å². The van der Waals surface area contributed by atoms with Crippen LogP contribution < -0.4 is 0 Å². The number of nitrogens with zero attached hydrogens (tertiary/aromatic N) is 1. The molecule has 3 nitrogen and oxygen atoms in total. The molecule has 0 aliphatic heterocycles. The van der Waals surface area contributed by atoms with E-state index in [2.05, 4.69) is 0 Å². The Balaban J connectivity index is 2.63. The Kier molecular flexibility index (Phi) is 7.09. The van der Waals surface area contributed by atoms with Gasteiger partial charge in [-0.15, -0.1) is 11.6 Å². The largest absolute Gasteiger partial charge is 0.383 e.